The minimum Gasteiger partial charge on any atom is -0.368 e. The number of hydrogen-bond donors (Lipinski definition) is 1. The Hall–Kier alpha value is -2.74. The van der Waals surface area contributed by atoms with Crippen molar-refractivity contribution in [3.05, 3.63) is 45.9 Å². The van der Waals surface area contributed by atoms with Crippen molar-refractivity contribution in [1.82, 2.24) is 9.88 Å². The van der Waals surface area contributed by atoms with E-state index in [-0.39, 0.29) is 24.9 Å². The normalized spacial score (nSPS) is 21.5. The smallest absolute Gasteiger partial charge is 0.273 e. The molecule has 1 fully saturated rings. The van der Waals surface area contributed by atoms with Gasteiger partial charge in [0.1, 0.15) is 12.2 Å². The first kappa shape index (κ1) is 16.7. The molecule has 2 aromatic rings. The van der Waals surface area contributed by atoms with Crippen LogP contribution in [0.25, 0.3) is 0 Å². The minimum atomic E-state index is -0.813. The highest BCUT2D eigenvalue weighted by Crippen LogP contribution is 2.47. The van der Waals surface area contributed by atoms with Crippen LogP contribution in [0.15, 0.2) is 29.6 Å². The molecule has 1 aromatic carbocycles. The number of hydrogen-bond acceptors (Lipinski definition) is 5. The van der Waals surface area contributed by atoms with Crippen LogP contribution in [-0.2, 0) is 15.0 Å². The molecule has 26 heavy (non-hydrogen) atoms. The summed E-state index contributed by atoms with van der Waals surface area (Å²) in [6.45, 7) is 2.45. The SMILES string of the molecule is Cc1nc(C(=O)N2CC[C@]3(C2)C(=O)N(CC(N)=O)c2ccccc23)cs1. The molecule has 3 heterocycles. The highest BCUT2D eigenvalue weighted by Gasteiger charge is 2.55. The van der Waals surface area contributed by atoms with Gasteiger partial charge in [-0.15, -0.1) is 11.3 Å². The maximum absolute atomic E-state index is 13.2. The molecular weight excluding hydrogens is 352 g/mol. The maximum atomic E-state index is 13.2. The summed E-state index contributed by atoms with van der Waals surface area (Å²) < 4.78 is 0. The molecule has 8 heteroatoms. The molecule has 1 aromatic heterocycles. The Bertz CT molecular complexity index is 925. The van der Waals surface area contributed by atoms with E-state index in [0.29, 0.717) is 24.3 Å². The molecule has 1 atom stereocenters. The number of carbonyl (C=O) groups excluding carboxylic acids is 3. The van der Waals surface area contributed by atoms with Crippen LogP contribution in [0.2, 0.25) is 0 Å². The average Bonchev–Trinajstić information content (AvgIpc) is 3.30. The molecule has 7 nitrogen and oxygen atoms in total. The van der Waals surface area contributed by atoms with Crippen LogP contribution >= 0.6 is 11.3 Å². The molecule has 2 N–H and O–H groups in total. The van der Waals surface area contributed by atoms with Gasteiger partial charge in [0.25, 0.3) is 5.91 Å². The lowest BCUT2D eigenvalue weighted by Crippen LogP contribution is -2.45. The summed E-state index contributed by atoms with van der Waals surface area (Å²) in [5.74, 6) is -0.888. The van der Waals surface area contributed by atoms with Gasteiger partial charge in [-0.2, -0.15) is 0 Å². The Kier molecular flexibility index (Phi) is 3.80. The third-order valence-electron chi connectivity index (χ3n) is 5.07. The van der Waals surface area contributed by atoms with Gasteiger partial charge >= 0.3 is 0 Å². The van der Waals surface area contributed by atoms with Crippen molar-refractivity contribution in [2.24, 2.45) is 5.73 Å². The van der Waals surface area contributed by atoms with E-state index in [1.807, 2.05) is 31.2 Å². The van der Waals surface area contributed by atoms with Gasteiger partial charge in [0.2, 0.25) is 11.8 Å². The second-order valence-corrected chi connectivity index (χ2v) is 7.75. The highest BCUT2D eigenvalue weighted by molar-refractivity contribution is 7.09. The fourth-order valence-electron chi connectivity index (χ4n) is 3.91. The lowest BCUT2D eigenvalue weighted by Gasteiger charge is -2.24. The van der Waals surface area contributed by atoms with Crippen LogP contribution in [-0.4, -0.2) is 47.2 Å². The topological polar surface area (TPSA) is 96.6 Å². The molecule has 134 valence electrons. The van der Waals surface area contributed by atoms with Gasteiger partial charge in [0.05, 0.1) is 10.4 Å². The Morgan fingerprint density at radius 3 is 2.81 bits per heavy atom. The number of nitrogens with two attached hydrogens (primary N) is 1. The van der Waals surface area contributed by atoms with Crippen LogP contribution < -0.4 is 10.6 Å². The monoisotopic (exact) mass is 370 g/mol. The number of nitrogens with zero attached hydrogens (tertiary/aromatic N) is 3. The Balaban J connectivity index is 1.68. The third kappa shape index (κ3) is 2.40. The molecule has 1 saturated heterocycles. The fourth-order valence-corrected chi connectivity index (χ4v) is 4.50. The number of benzene rings is 1. The van der Waals surface area contributed by atoms with Crippen molar-refractivity contribution < 1.29 is 14.4 Å². The van der Waals surface area contributed by atoms with Crippen LogP contribution in [0, 0.1) is 6.92 Å². The number of fused-ring (bicyclic) bond motifs is 2. The van der Waals surface area contributed by atoms with Crippen molar-refractivity contribution in [3.8, 4) is 0 Å². The molecule has 0 unspecified atom stereocenters. The largest absolute Gasteiger partial charge is 0.368 e. The maximum Gasteiger partial charge on any atom is 0.273 e. The summed E-state index contributed by atoms with van der Waals surface area (Å²) in [7, 11) is 0. The summed E-state index contributed by atoms with van der Waals surface area (Å²) in [5.41, 5.74) is 6.49. The summed E-state index contributed by atoms with van der Waals surface area (Å²) in [4.78, 5) is 44.8. The fraction of sp³-hybridized carbons (Fsp3) is 0.333. The summed E-state index contributed by atoms with van der Waals surface area (Å²) in [6.07, 6.45) is 0.521. The first-order chi connectivity index (χ1) is 12.4. The number of amides is 3. The van der Waals surface area contributed by atoms with Crippen molar-refractivity contribution in [3.63, 3.8) is 0 Å². The second kappa shape index (κ2) is 5.91. The van der Waals surface area contributed by atoms with Crippen LogP contribution in [0.5, 0.6) is 0 Å². The minimum absolute atomic E-state index is 0.156. The van der Waals surface area contributed by atoms with E-state index in [1.54, 1.807) is 10.3 Å². The molecule has 0 bridgehead atoms. The Labute approximate surface area is 154 Å². The van der Waals surface area contributed by atoms with Crippen molar-refractivity contribution in [2.75, 3.05) is 24.5 Å². The molecule has 3 amide bonds. The molecule has 4 rings (SSSR count). The zero-order chi connectivity index (χ0) is 18.5. The van der Waals surface area contributed by atoms with Crippen molar-refractivity contribution >= 4 is 34.7 Å². The summed E-state index contributed by atoms with van der Waals surface area (Å²) in [5, 5.41) is 2.57. The Morgan fingerprint density at radius 2 is 2.12 bits per heavy atom. The first-order valence-corrected chi connectivity index (χ1v) is 9.21. The van der Waals surface area contributed by atoms with Crippen molar-refractivity contribution in [2.45, 2.75) is 18.8 Å². The van der Waals surface area contributed by atoms with E-state index in [2.05, 4.69) is 4.98 Å². The average molecular weight is 370 g/mol. The van der Waals surface area contributed by atoms with E-state index in [4.69, 9.17) is 5.73 Å². The Morgan fingerprint density at radius 1 is 1.35 bits per heavy atom. The van der Waals surface area contributed by atoms with E-state index in [0.717, 1.165) is 10.6 Å². The third-order valence-corrected chi connectivity index (χ3v) is 5.85. The standard InChI is InChI=1S/C18H18N4O3S/c1-11-20-13(9-26-11)16(24)21-7-6-18(10-21)12-4-2-3-5-14(12)22(17(18)25)8-15(19)23/h2-5,9H,6-8,10H2,1H3,(H2,19,23)/t18-/m1/s1. The van der Waals surface area contributed by atoms with Gasteiger partial charge < -0.3 is 15.5 Å². The zero-order valence-electron chi connectivity index (χ0n) is 14.3. The number of thiazole rings is 1. The predicted molar refractivity (Wildman–Crippen MR) is 97.0 cm³/mol. The van der Waals surface area contributed by atoms with E-state index in [1.165, 1.54) is 16.2 Å². The molecule has 0 saturated carbocycles. The van der Waals surface area contributed by atoms with Gasteiger partial charge in [0.15, 0.2) is 0 Å². The first-order valence-electron chi connectivity index (χ1n) is 8.33. The number of para-hydroxylation sites is 1. The van der Waals surface area contributed by atoms with Gasteiger partial charge in [-0.25, -0.2) is 4.98 Å². The van der Waals surface area contributed by atoms with Crippen LogP contribution in [0.3, 0.4) is 0 Å². The van der Waals surface area contributed by atoms with Gasteiger partial charge in [-0.1, -0.05) is 18.2 Å². The van der Waals surface area contributed by atoms with Crippen LogP contribution in [0.4, 0.5) is 5.69 Å². The number of likely N-dealkylation sites (tertiary alicyclic amines) is 1. The number of rotatable bonds is 3. The lowest BCUT2D eigenvalue weighted by atomic mass is 9.81. The van der Waals surface area contributed by atoms with E-state index in [9.17, 15) is 14.4 Å². The predicted octanol–water partition coefficient (Wildman–Crippen LogP) is 1.07. The second-order valence-electron chi connectivity index (χ2n) is 6.69. The lowest BCUT2D eigenvalue weighted by molar-refractivity contribution is -0.125. The van der Waals surface area contributed by atoms with E-state index >= 15 is 0 Å². The number of primary amides is 1. The number of carbonyl (C=O) groups is 3. The zero-order valence-corrected chi connectivity index (χ0v) is 15.1. The van der Waals surface area contributed by atoms with E-state index < -0.39 is 11.3 Å². The van der Waals surface area contributed by atoms with Gasteiger partial charge in [-0.05, 0) is 25.0 Å². The molecule has 2 aliphatic heterocycles. The van der Waals surface area contributed by atoms with Crippen LogP contribution in [0.1, 0.15) is 27.5 Å². The summed E-state index contributed by atoms with van der Waals surface area (Å²) >= 11 is 1.43. The summed E-state index contributed by atoms with van der Waals surface area (Å²) in [6, 6.07) is 7.42. The molecule has 1 spiro atoms. The number of aromatic nitrogens is 1. The van der Waals surface area contributed by atoms with Gasteiger partial charge in [-0.3, -0.25) is 14.4 Å². The molecule has 0 radical (unpaired) electrons. The number of anilines is 1. The molecular formula is C18H18N4O3S. The van der Waals surface area contributed by atoms with Gasteiger partial charge in [0, 0.05) is 24.2 Å². The molecule has 2 aliphatic rings. The van der Waals surface area contributed by atoms with Crippen molar-refractivity contribution in [1.29, 1.82) is 0 Å². The highest BCUT2D eigenvalue weighted by atomic mass is 32.1. The molecule has 0 aliphatic carbocycles. The quantitative estimate of drug-likeness (QED) is 0.874. The number of aryl methyl sites for hydroxylation is 1.